The van der Waals surface area contributed by atoms with E-state index in [1.165, 1.54) is 5.56 Å². The monoisotopic (exact) mass is 266 g/mol. The first-order valence-corrected chi connectivity index (χ1v) is 6.99. The highest BCUT2D eigenvalue weighted by Crippen LogP contribution is 2.11. The molecule has 0 atom stereocenters. The summed E-state index contributed by atoms with van der Waals surface area (Å²) in [4.78, 5) is 0. The number of nitrogens with one attached hydrogen (secondary N) is 2. The minimum absolute atomic E-state index is 0.716. The molecule has 1 aromatic rings. The van der Waals surface area contributed by atoms with Gasteiger partial charge in [0.25, 0.3) is 0 Å². The van der Waals surface area contributed by atoms with Crippen molar-refractivity contribution >= 4 is 0 Å². The van der Waals surface area contributed by atoms with E-state index < -0.39 is 0 Å². The fourth-order valence-corrected chi connectivity index (χ4v) is 1.74. The molecule has 0 saturated heterocycles. The summed E-state index contributed by atoms with van der Waals surface area (Å²) in [6.07, 6.45) is 1.13. The summed E-state index contributed by atoms with van der Waals surface area (Å²) in [5.74, 6) is 0.939. The number of hydrogen-bond acceptors (Lipinski definition) is 4. The van der Waals surface area contributed by atoms with Crippen molar-refractivity contribution in [3.8, 4) is 5.75 Å². The summed E-state index contributed by atoms with van der Waals surface area (Å²) in [7, 11) is 1.72. The number of methoxy groups -OCH3 is 1. The molecule has 0 aliphatic carbocycles. The van der Waals surface area contributed by atoms with Gasteiger partial charge in [-0.15, -0.1) is 0 Å². The van der Waals surface area contributed by atoms with Crippen molar-refractivity contribution in [2.75, 3.05) is 40.0 Å². The van der Waals surface area contributed by atoms with E-state index in [-0.39, 0.29) is 0 Å². The molecule has 0 aromatic heterocycles. The third kappa shape index (κ3) is 7.82. The van der Waals surface area contributed by atoms with Crippen LogP contribution in [0.25, 0.3) is 0 Å². The van der Waals surface area contributed by atoms with Crippen LogP contribution < -0.4 is 15.4 Å². The first kappa shape index (κ1) is 16.0. The summed E-state index contributed by atoms with van der Waals surface area (Å²) in [6, 6.07) is 8.25. The zero-order valence-electron chi connectivity index (χ0n) is 12.1. The summed E-state index contributed by atoms with van der Waals surface area (Å²) in [5, 5.41) is 6.76. The van der Waals surface area contributed by atoms with Crippen LogP contribution in [-0.2, 0) is 11.3 Å². The summed E-state index contributed by atoms with van der Waals surface area (Å²) in [6.45, 7) is 7.37. The van der Waals surface area contributed by atoms with Crippen LogP contribution >= 0.6 is 0 Å². The third-order valence-corrected chi connectivity index (χ3v) is 2.75. The van der Waals surface area contributed by atoms with Crippen LogP contribution in [-0.4, -0.2) is 40.0 Å². The van der Waals surface area contributed by atoms with Crippen molar-refractivity contribution < 1.29 is 9.47 Å². The number of benzene rings is 1. The van der Waals surface area contributed by atoms with E-state index in [1.54, 1.807) is 7.11 Å². The molecule has 0 heterocycles. The third-order valence-electron chi connectivity index (χ3n) is 2.75. The molecule has 108 valence electrons. The van der Waals surface area contributed by atoms with E-state index in [2.05, 4.69) is 22.8 Å². The highest BCUT2D eigenvalue weighted by molar-refractivity contribution is 5.27. The van der Waals surface area contributed by atoms with Gasteiger partial charge in [-0.3, -0.25) is 0 Å². The second-order valence-corrected chi connectivity index (χ2v) is 4.35. The Morgan fingerprint density at radius 3 is 2.42 bits per heavy atom. The van der Waals surface area contributed by atoms with Gasteiger partial charge in [0.1, 0.15) is 5.75 Å². The average molecular weight is 266 g/mol. The SMILES string of the molecule is CCOc1ccc(CNCCCNCCOC)cc1. The molecular formula is C15H26N2O2. The Morgan fingerprint density at radius 1 is 1.00 bits per heavy atom. The van der Waals surface area contributed by atoms with E-state index in [0.717, 1.165) is 45.0 Å². The maximum absolute atomic E-state index is 5.41. The molecule has 0 unspecified atom stereocenters. The van der Waals surface area contributed by atoms with Crippen molar-refractivity contribution in [1.29, 1.82) is 0 Å². The lowest BCUT2D eigenvalue weighted by Gasteiger charge is -2.07. The molecule has 19 heavy (non-hydrogen) atoms. The van der Waals surface area contributed by atoms with Crippen LogP contribution in [0.5, 0.6) is 5.75 Å². The predicted molar refractivity (Wildman–Crippen MR) is 78.7 cm³/mol. The Morgan fingerprint density at radius 2 is 1.74 bits per heavy atom. The molecule has 0 aliphatic heterocycles. The van der Waals surface area contributed by atoms with Gasteiger partial charge in [-0.1, -0.05) is 12.1 Å². The molecule has 0 fully saturated rings. The first-order valence-electron chi connectivity index (χ1n) is 6.99. The van der Waals surface area contributed by atoms with Crippen LogP contribution in [0.2, 0.25) is 0 Å². The largest absolute Gasteiger partial charge is 0.494 e. The fraction of sp³-hybridized carbons (Fsp3) is 0.600. The number of rotatable bonds is 11. The van der Waals surface area contributed by atoms with Crippen molar-refractivity contribution in [2.45, 2.75) is 19.9 Å². The van der Waals surface area contributed by atoms with E-state index in [9.17, 15) is 0 Å². The number of ether oxygens (including phenoxy) is 2. The topological polar surface area (TPSA) is 42.5 Å². The van der Waals surface area contributed by atoms with Crippen LogP contribution in [0.3, 0.4) is 0 Å². The molecule has 0 amide bonds. The van der Waals surface area contributed by atoms with Crippen LogP contribution in [0.4, 0.5) is 0 Å². The quantitative estimate of drug-likeness (QED) is 0.599. The fourth-order valence-electron chi connectivity index (χ4n) is 1.74. The zero-order chi connectivity index (χ0) is 13.8. The molecular weight excluding hydrogens is 240 g/mol. The zero-order valence-corrected chi connectivity index (χ0v) is 12.1. The lowest BCUT2D eigenvalue weighted by atomic mass is 10.2. The maximum atomic E-state index is 5.41. The maximum Gasteiger partial charge on any atom is 0.119 e. The summed E-state index contributed by atoms with van der Waals surface area (Å²) < 4.78 is 10.4. The predicted octanol–water partition coefficient (Wildman–Crippen LogP) is 1.80. The van der Waals surface area contributed by atoms with Crippen molar-refractivity contribution in [2.24, 2.45) is 0 Å². The molecule has 4 heteroatoms. The Bertz CT molecular complexity index is 314. The van der Waals surface area contributed by atoms with Gasteiger partial charge in [-0.2, -0.15) is 0 Å². The second kappa shape index (κ2) is 10.8. The standard InChI is InChI=1S/C15H26N2O2/c1-3-19-15-7-5-14(6-8-15)13-17-10-4-9-16-11-12-18-2/h5-8,16-17H,3-4,9-13H2,1-2H3. The van der Waals surface area contributed by atoms with Crippen LogP contribution in [0.1, 0.15) is 18.9 Å². The van der Waals surface area contributed by atoms with Crippen LogP contribution in [0.15, 0.2) is 24.3 Å². The Balaban J connectivity index is 2.02. The smallest absolute Gasteiger partial charge is 0.119 e. The molecule has 0 bridgehead atoms. The summed E-state index contributed by atoms with van der Waals surface area (Å²) >= 11 is 0. The number of hydrogen-bond donors (Lipinski definition) is 2. The van der Waals surface area contributed by atoms with Crippen molar-refractivity contribution in [3.63, 3.8) is 0 Å². The second-order valence-electron chi connectivity index (χ2n) is 4.35. The van der Waals surface area contributed by atoms with Gasteiger partial charge in [0, 0.05) is 20.2 Å². The lowest BCUT2D eigenvalue weighted by molar-refractivity contribution is 0.199. The van der Waals surface area contributed by atoms with Crippen molar-refractivity contribution in [3.05, 3.63) is 29.8 Å². The van der Waals surface area contributed by atoms with E-state index in [1.807, 2.05) is 19.1 Å². The molecule has 0 saturated carbocycles. The minimum atomic E-state index is 0.716. The minimum Gasteiger partial charge on any atom is -0.494 e. The Kier molecular flexibility index (Phi) is 9.06. The molecule has 1 aromatic carbocycles. The van der Waals surface area contributed by atoms with E-state index in [4.69, 9.17) is 9.47 Å². The Labute approximate surface area is 116 Å². The first-order chi connectivity index (χ1) is 9.36. The van der Waals surface area contributed by atoms with Gasteiger partial charge in [-0.25, -0.2) is 0 Å². The van der Waals surface area contributed by atoms with Gasteiger partial charge in [-0.05, 0) is 44.1 Å². The van der Waals surface area contributed by atoms with Gasteiger partial charge < -0.3 is 20.1 Å². The molecule has 1 rings (SSSR count). The van der Waals surface area contributed by atoms with E-state index in [0.29, 0.717) is 6.61 Å². The van der Waals surface area contributed by atoms with Gasteiger partial charge in [0.2, 0.25) is 0 Å². The van der Waals surface area contributed by atoms with E-state index >= 15 is 0 Å². The Hall–Kier alpha value is -1.10. The molecule has 2 N–H and O–H groups in total. The van der Waals surface area contributed by atoms with Crippen molar-refractivity contribution in [1.82, 2.24) is 10.6 Å². The molecule has 0 spiro atoms. The highest BCUT2D eigenvalue weighted by atomic mass is 16.5. The average Bonchev–Trinajstić information content (AvgIpc) is 2.44. The normalized spacial score (nSPS) is 10.6. The molecule has 0 radical (unpaired) electrons. The van der Waals surface area contributed by atoms with Gasteiger partial charge in [0.15, 0.2) is 0 Å². The van der Waals surface area contributed by atoms with Gasteiger partial charge in [0.05, 0.1) is 13.2 Å². The summed E-state index contributed by atoms with van der Waals surface area (Å²) in [5.41, 5.74) is 1.29. The highest BCUT2D eigenvalue weighted by Gasteiger charge is 1.95. The molecule has 4 nitrogen and oxygen atoms in total. The lowest BCUT2D eigenvalue weighted by Crippen LogP contribution is -2.24. The molecule has 0 aliphatic rings. The van der Waals surface area contributed by atoms with Gasteiger partial charge >= 0.3 is 0 Å². The van der Waals surface area contributed by atoms with Crippen LogP contribution in [0, 0.1) is 0 Å².